The van der Waals surface area contributed by atoms with Crippen LogP contribution in [-0.4, -0.2) is 54.3 Å². The highest BCUT2D eigenvalue weighted by atomic mass is 16.2. The second-order valence-electron chi connectivity index (χ2n) is 7.31. The largest absolute Gasteiger partial charge is 0.343 e. The molecular weight excluding hydrogens is 314 g/mol. The molecule has 0 aromatic heterocycles. The van der Waals surface area contributed by atoms with Crippen LogP contribution < -0.4 is 5.32 Å². The lowest BCUT2D eigenvalue weighted by atomic mass is 9.92. The van der Waals surface area contributed by atoms with E-state index in [1.54, 1.807) is 11.8 Å². The molecule has 0 spiro atoms. The third kappa shape index (κ3) is 4.82. The number of rotatable bonds is 5. The number of benzene rings is 1. The van der Waals surface area contributed by atoms with E-state index in [1.807, 2.05) is 35.2 Å². The molecule has 2 amide bonds. The van der Waals surface area contributed by atoms with Crippen LogP contribution in [0.1, 0.15) is 31.7 Å². The quantitative estimate of drug-likeness (QED) is 0.888. The lowest BCUT2D eigenvalue weighted by Gasteiger charge is -2.25. The van der Waals surface area contributed by atoms with Crippen molar-refractivity contribution in [2.45, 2.75) is 32.7 Å². The Balaban J connectivity index is 1.50. The van der Waals surface area contributed by atoms with E-state index < -0.39 is 0 Å². The molecule has 1 N–H and O–H groups in total. The number of hydrogen-bond acceptors (Lipinski definition) is 3. The van der Waals surface area contributed by atoms with Crippen molar-refractivity contribution in [1.29, 1.82) is 0 Å². The van der Waals surface area contributed by atoms with Crippen molar-refractivity contribution < 1.29 is 9.59 Å². The van der Waals surface area contributed by atoms with E-state index in [-0.39, 0.29) is 11.8 Å². The summed E-state index contributed by atoms with van der Waals surface area (Å²) in [6.45, 7) is 6.56. The average molecular weight is 343 g/mol. The van der Waals surface area contributed by atoms with Gasteiger partial charge in [-0.05, 0) is 43.3 Å². The fourth-order valence-corrected chi connectivity index (χ4v) is 4.01. The van der Waals surface area contributed by atoms with E-state index in [2.05, 4.69) is 5.32 Å². The van der Waals surface area contributed by atoms with Gasteiger partial charge < -0.3 is 15.1 Å². The Labute approximate surface area is 150 Å². The van der Waals surface area contributed by atoms with Gasteiger partial charge in [-0.2, -0.15) is 0 Å². The van der Waals surface area contributed by atoms with Gasteiger partial charge in [0.2, 0.25) is 11.8 Å². The zero-order valence-corrected chi connectivity index (χ0v) is 15.1. The summed E-state index contributed by atoms with van der Waals surface area (Å²) in [5, 5.41) is 3.46. The predicted molar refractivity (Wildman–Crippen MR) is 97.8 cm³/mol. The molecule has 2 saturated heterocycles. The van der Waals surface area contributed by atoms with Crippen LogP contribution in [0, 0.1) is 11.8 Å². The SMILES string of the molecule is CC(=O)N(CCC(=O)N1CC[C@@H]2CNC[C@@H]2CC1)Cc1ccccc1. The fourth-order valence-electron chi connectivity index (χ4n) is 4.01. The lowest BCUT2D eigenvalue weighted by Crippen LogP contribution is -2.37. The standard InChI is InChI=1S/C20H29N3O2/c1-16(24)23(15-17-5-3-2-4-6-17)12-9-20(25)22-10-7-18-13-21-14-19(18)8-11-22/h2-6,18-19,21H,7-15H2,1H3/t18-,19+. The predicted octanol–water partition coefficient (Wildman–Crippen LogP) is 1.88. The van der Waals surface area contributed by atoms with Crippen molar-refractivity contribution in [3.63, 3.8) is 0 Å². The van der Waals surface area contributed by atoms with Crippen LogP contribution in [0.5, 0.6) is 0 Å². The number of likely N-dealkylation sites (tertiary alicyclic amines) is 1. The number of carbonyl (C=O) groups excluding carboxylic acids is 2. The molecule has 136 valence electrons. The summed E-state index contributed by atoms with van der Waals surface area (Å²) in [7, 11) is 0. The number of nitrogens with zero attached hydrogens (tertiary/aromatic N) is 2. The molecule has 0 bridgehead atoms. The average Bonchev–Trinajstić information content (AvgIpc) is 2.97. The molecule has 1 aromatic rings. The van der Waals surface area contributed by atoms with Crippen molar-refractivity contribution in [3.8, 4) is 0 Å². The van der Waals surface area contributed by atoms with Gasteiger partial charge in [-0.15, -0.1) is 0 Å². The first-order chi connectivity index (χ1) is 12.1. The number of fused-ring (bicyclic) bond motifs is 1. The van der Waals surface area contributed by atoms with Gasteiger partial charge in [0.15, 0.2) is 0 Å². The molecule has 25 heavy (non-hydrogen) atoms. The van der Waals surface area contributed by atoms with Crippen molar-refractivity contribution in [2.75, 3.05) is 32.7 Å². The van der Waals surface area contributed by atoms with Gasteiger partial charge in [0, 0.05) is 39.5 Å². The summed E-state index contributed by atoms with van der Waals surface area (Å²) >= 11 is 0. The normalized spacial score (nSPS) is 23.0. The molecule has 2 atom stereocenters. The molecule has 1 aromatic carbocycles. The molecule has 5 heteroatoms. The minimum absolute atomic E-state index is 0.0214. The van der Waals surface area contributed by atoms with E-state index in [4.69, 9.17) is 0 Å². The van der Waals surface area contributed by atoms with Crippen LogP contribution in [0.3, 0.4) is 0 Å². The highest BCUT2D eigenvalue weighted by molar-refractivity contribution is 5.78. The minimum atomic E-state index is 0.0214. The van der Waals surface area contributed by atoms with Gasteiger partial charge in [-0.1, -0.05) is 30.3 Å². The molecular formula is C20H29N3O2. The highest BCUT2D eigenvalue weighted by Crippen LogP contribution is 2.27. The third-order valence-corrected chi connectivity index (χ3v) is 5.63. The Kier molecular flexibility index (Phi) is 6.08. The molecule has 2 aliphatic rings. The first kappa shape index (κ1) is 17.9. The number of amides is 2. The molecule has 0 radical (unpaired) electrons. The van der Waals surface area contributed by atoms with Crippen LogP contribution in [-0.2, 0) is 16.1 Å². The number of carbonyl (C=O) groups is 2. The Hall–Kier alpha value is -1.88. The zero-order valence-electron chi connectivity index (χ0n) is 15.1. The Morgan fingerprint density at radius 1 is 1.12 bits per heavy atom. The van der Waals surface area contributed by atoms with Gasteiger partial charge in [0.1, 0.15) is 0 Å². The molecule has 3 rings (SSSR count). The summed E-state index contributed by atoms with van der Waals surface area (Å²) in [5.41, 5.74) is 1.10. The van der Waals surface area contributed by atoms with Gasteiger partial charge in [-0.3, -0.25) is 9.59 Å². The maximum Gasteiger partial charge on any atom is 0.224 e. The minimum Gasteiger partial charge on any atom is -0.343 e. The number of nitrogens with one attached hydrogen (secondary N) is 1. The van der Waals surface area contributed by atoms with E-state index >= 15 is 0 Å². The molecule has 0 saturated carbocycles. The maximum absolute atomic E-state index is 12.6. The van der Waals surface area contributed by atoms with Crippen molar-refractivity contribution in [1.82, 2.24) is 15.1 Å². The van der Waals surface area contributed by atoms with E-state index in [0.29, 0.717) is 19.5 Å². The molecule has 0 aliphatic carbocycles. The van der Waals surface area contributed by atoms with Gasteiger partial charge >= 0.3 is 0 Å². The summed E-state index contributed by atoms with van der Waals surface area (Å²) < 4.78 is 0. The number of hydrogen-bond donors (Lipinski definition) is 1. The van der Waals surface area contributed by atoms with Gasteiger partial charge in [-0.25, -0.2) is 0 Å². The van der Waals surface area contributed by atoms with Crippen molar-refractivity contribution in [3.05, 3.63) is 35.9 Å². The van der Waals surface area contributed by atoms with Crippen LogP contribution in [0.2, 0.25) is 0 Å². The fraction of sp³-hybridized carbons (Fsp3) is 0.600. The second kappa shape index (κ2) is 8.48. The topological polar surface area (TPSA) is 52.7 Å². The van der Waals surface area contributed by atoms with Gasteiger partial charge in [0.25, 0.3) is 0 Å². The van der Waals surface area contributed by atoms with Crippen LogP contribution >= 0.6 is 0 Å². The molecule has 2 aliphatic heterocycles. The molecule has 0 unspecified atom stereocenters. The zero-order chi connectivity index (χ0) is 17.6. The lowest BCUT2D eigenvalue weighted by molar-refractivity contribution is -0.133. The summed E-state index contributed by atoms with van der Waals surface area (Å²) in [5.74, 6) is 1.66. The summed E-state index contributed by atoms with van der Waals surface area (Å²) in [6.07, 6.45) is 2.62. The summed E-state index contributed by atoms with van der Waals surface area (Å²) in [6, 6.07) is 9.94. The van der Waals surface area contributed by atoms with Crippen molar-refractivity contribution >= 4 is 11.8 Å². The molecule has 5 nitrogen and oxygen atoms in total. The van der Waals surface area contributed by atoms with Gasteiger partial charge in [0.05, 0.1) is 0 Å². The highest BCUT2D eigenvalue weighted by Gasteiger charge is 2.31. The van der Waals surface area contributed by atoms with Crippen LogP contribution in [0.25, 0.3) is 0 Å². The monoisotopic (exact) mass is 343 g/mol. The first-order valence-corrected chi connectivity index (χ1v) is 9.41. The van der Waals surface area contributed by atoms with E-state index in [9.17, 15) is 9.59 Å². The Bertz CT molecular complexity index is 576. The smallest absolute Gasteiger partial charge is 0.224 e. The van der Waals surface area contributed by atoms with Crippen LogP contribution in [0.4, 0.5) is 0 Å². The summed E-state index contributed by atoms with van der Waals surface area (Å²) in [4.78, 5) is 28.3. The molecule has 2 fully saturated rings. The first-order valence-electron chi connectivity index (χ1n) is 9.41. The second-order valence-corrected chi connectivity index (χ2v) is 7.31. The van der Waals surface area contributed by atoms with Crippen LogP contribution in [0.15, 0.2) is 30.3 Å². The van der Waals surface area contributed by atoms with E-state index in [0.717, 1.165) is 56.4 Å². The molecule has 2 heterocycles. The van der Waals surface area contributed by atoms with Crippen molar-refractivity contribution in [2.24, 2.45) is 11.8 Å². The third-order valence-electron chi connectivity index (χ3n) is 5.63. The van der Waals surface area contributed by atoms with E-state index in [1.165, 1.54) is 0 Å². The Morgan fingerprint density at radius 3 is 2.36 bits per heavy atom. The Morgan fingerprint density at radius 2 is 1.76 bits per heavy atom. The maximum atomic E-state index is 12.6.